The van der Waals surface area contributed by atoms with E-state index >= 15 is 0 Å². The standard InChI is InChI=1S/C14H16N2OS/c1-16-8-7-11-12(9-16)18-14(15-11)13(17)10-5-3-2-4-6-10/h2-6,13,17H,7-9H2,1H3. The van der Waals surface area contributed by atoms with Crippen molar-refractivity contribution in [3.8, 4) is 0 Å². The lowest BCUT2D eigenvalue weighted by Gasteiger charge is -2.20. The van der Waals surface area contributed by atoms with Crippen molar-refractivity contribution < 1.29 is 5.11 Å². The first-order valence-electron chi connectivity index (χ1n) is 6.14. The maximum Gasteiger partial charge on any atom is 0.131 e. The fourth-order valence-electron chi connectivity index (χ4n) is 2.24. The molecule has 0 bridgehead atoms. The third-order valence-electron chi connectivity index (χ3n) is 3.29. The summed E-state index contributed by atoms with van der Waals surface area (Å²) in [5.74, 6) is 0. The van der Waals surface area contributed by atoms with Crippen molar-refractivity contribution in [1.82, 2.24) is 9.88 Å². The molecule has 0 saturated carbocycles. The Bertz CT molecular complexity index is 538. The van der Waals surface area contributed by atoms with Gasteiger partial charge < -0.3 is 10.0 Å². The second kappa shape index (κ2) is 4.80. The van der Waals surface area contributed by atoms with Crippen LogP contribution >= 0.6 is 11.3 Å². The van der Waals surface area contributed by atoms with Gasteiger partial charge in [-0.1, -0.05) is 30.3 Å². The monoisotopic (exact) mass is 260 g/mol. The molecule has 1 aliphatic heterocycles. The minimum atomic E-state index is -0.591. The number of likely N-dealkylation sites (N-methyl/N-ethyl adjacent to an activating group) is 1. The Balaban J connectivity index is 1.89. The van der Waals surface area contributed by atoms with Crippen LogP contribution in [0.3, 0.4) is 0 Å². The summed E-state index contributed by atoms with van der Waals surface area (Å²) in [6.07, 6.45) is 0.399. The minimum absolute atomic E-state index is 0.591. The second-order valence-corrected chi connectivity index (χ2v) is 5.84. The largest absolute Gasteiger partial charge is 0.381 e. The zero-order valence-electron chi connectivity index (χ0n) is 10.3. The third kappa shape index (κ3) is 2.19. The first-order valence-corrected chi connectivity index (χ1v) is 6.95. The number of hydrogen-bond acceptors (Lipinski definition) is 4. The minimum Gasteiger partial charge on any atom is -0.381 e. The average Bonchev–Trinajstić information content (AvgIpc) is 2.81. The van der Waals surface area contributed by atoms with Gasteiger partial charge in [-0.3, -0.25) is 0 Å². The number of rotatable bonds is 2. The van der Waals surface area contributed by atoms with Crippen LogP contribution in [-0.2, 0) is 13.0 Å². The van der Waals surface area contributed by atoms with Gasteiger partial charge in [-0.15, -0.1) is 11.3 Å². The summed E-state index contributed by atoms with van der Waals surface area (Å²) in [6, 6.07) is 9.73. The first-order chi connectivity index (χ1) is 8.74. The van der Waals surface area contributed by atoms with Gasteiger partial charge >= 0.3 is 0 Å². The van der Waals surface area contributed by atoms with Crippen LogP contribution < -0.4 is 0 Å². The number of thiazole rings is 1. The maximum absolute atomic E-state index is 10.3. The predicted octanol–water partition coefficient (Wildman–Crippen LogP) is 2.21. The van der Waals surface area contributed by atoms with E-state index in [0.717, 1.165) is 30.1 Å². The summed E-state index contributed by atoms with van der Waals surface area (Å²) in [4.78, 5) is 8.19. The Kier molecular flexibility index (Phi) is 3.16. The van der Waals surface area contributed by atoms with Gasteiger partial charge in [0.25, 0.3) is 0 Å². The van der Waals surface area contributed by atoms with E-state index in [1.807, 2.05) is 30.3 Å². The Labute approximate surface area is 111 Å². The fourth-order valence-corrected chi connectivity index (χ4v) is 3.44. The Morgan fingerprint density at radius 3 is 2.89 bits per heavy atom. The molecule has 1 aromatic carbocycles. The quantitative estimate of drug-likeness (QED) is 0.899. The summed E-state index contributed by atoms with van der Waals surface area (Å²) in [7, 11) is 2.12. The van der Waals surface area contributed by atoms with Gasteiger partial charge in [-0.25, -0.2) is 4.98 Å². The van der Waals surface area contributed by atoms with Gasteiger partial charge in [0.2, 0.25) is 0 Å². The summed E-state index contributed by atoms with van der Waals surface area (Å²) in [6.45, 7) is 2.01. The van der Waals surface area contributed by atoms with Gasteiger partial charge in [0.05, 0.1) is 5.69 Å². The van der Waals surface area contributed by atoms with Gasteiger partial charge in [-0.2, -0.15) is 0 Å². The van der Waals surface area contributed by atoms with Crippen molar-refractivity contribution in [3.05, 3.63) is 51.5 Å². The molecule has 1 atom stereocenters. The maximum atomic E-state index is 10.3. The van der Waals surface area contributed by atoms with Crippen LogP contribution in [-0.4, -0.2) is 28.6 Å². The Morgan fingerprint density at radius 1 is 1.33 bits per heavy atom. The molecule has 18 heavy (non-hydrogen) atoms. The van der Waals surface area contributed by atoms with Crippen molar-refractivity contribution >= 4 is 11.3 Å². The summed E-state index contributed by atoms with van der Waals surface area (Å²) in [5, 5.41) is 11.2. The van der Waals surface area contributed by atoms with Crippen molar-refractivity contribution in [3.63, 3.8) is 0 Å². The van der Waals surface area contributed by atoms with Crippen LogP contribution in [0.1, 0.15) is 27.2 Å². The fraction of sp³-hybridized carbons (Fsp3) is 0.357. The van der Waals surface area contributed by atoms with E-state index in [1.165, 1.54) is 10.6 Å². The second-order valence-electron chi connectivity index (χ2n) is 4.72. The van der Waals surface area contributed by atoms with E-state index in [4.69, 9.17) is 0 Å². The smallest absolute Gasteiger partial charge is 0.131 e. The highest BCUT2D eigenvalue weighted by molar-refractivity contribution is 7.11. The summed E-state index contributed by atoms with van der Waals surface area (Å²) < 4.78 is 0. The molecule has 4 heteroatoms. The van der Waals surface area contributed by atoms with Gasteiger partial charge in [0, 0.05) is 24.4 Å². The highest BCUT2D eigenvalue weighted by Gasteiger charge is 2.22. The van der Waals surface area contributed by atoms with Crippen molar-refractivity contribution in [2.45, 2.75) is 19.1 Å². The van der Waals surface area contributed by atoms with Crippen molar-refractivity contribution in [2.24, 2.45) is 0 Å². The van der Waals surface area contributed by atoms with E-state index < -0.39 is 6.10 Å². The highest BCUT2D eigenvalue weighted by atomic mass is 32.1. The number of benzene rings is 1. The van der Waals surface area contributed by atoms with E-state index in [0.29, 0.717) is 0 Å². The van der Waals surface area contributed by atoms with Crippen LogP contribution in [0, 0.1) is 0 Å². The number of hydrogen-bond donors (Lipinski definition) is 1. The molecule has 0 radical (unpaired) electrons. The molecule has 1 unspecified atom stereocenters. The number of aromatic nitrogens is 1. The van der Waals surface area contributed by atoms with Crippen molar-refractivity contribution in [1.29, 1.82) is 0 Å². The molecule has 1 N–H and O–H groups in total. The summed E-state index contributed by atoms with van der Waals surface area (Å²) in [5.41, 5.74) is 2.08. The topological polar surface area (TPSA) is 36.4 Å². The average molecular weight is 260 g/mol. The molecule has 1 aliphatic rings. The SMILES string of the molecule is CN1CCc2nc(C(O)c3ccccc3)sc2C1. The molecular weight excluding hydrogens is 244 g/mol. The number of aliphatic hydroxyl groups is 1. The lowest BCUT2D eigenvalue weighted by atomic mass is 10.1. The molecule has 2 heterocycles. The molecule has 94 valence electrons. The van der Waals surface area contributed by atoms with Gasteiger partial charge in [0.15, 0.2) is 0 Å². The van der Waals surface area contributed by atoms with Crippen LogP contribution in [0.25, 0.3) is 0 Å². The van der Waals surface area contributed by atoms with E-state index in [-0.39, 0.29) is 0 Å². The zero-order valence-corrected chi connectivity index (χ0v) is 11.2. The number of aliphatic hydroxyl groups excluding tert-OH is 1. The van der Waals surface area contributed by atoms with Crippen LogP contribution in [0.5, 0.6) is 0 Å². The van der Waals surface area contributed by atoms with Crippen molar-refractivity contribution in [2.75, 3.05) is 13.6 Å². The third-order valence-corrected chi connectivity index (χ3v) is 4.42. The molecule has 0 aliphatic carbocycles. The van der Waals surface area contributed by atoms with Crippen LogP contribution in [0.2, 0.25) is 0 Å². The molecule has 3 nitrogen and oxygen atoms in total. The van der Waals surface area contributed by atoms with E-state index in [9.17, 15) is 5.11 Å². The number of nitrogens with zero attached hydrogens (tertiary/aromatic N) is 2. The van der Waals surface area contributed by atoms with Crippen LogP contribution in [0.4, 0.5) is 0 Å². The number of fused-ring (bicyclic) bond motifs is 1. The Hall–Kier alpha value is -1.23. The van der Waals surface area contributed by atoms with E-state index in [2.05, 4.69) is 16.9 Å². The zero-order chi connectivity index (χ0) is 12.5. The van der Waals surface area contributed by atoms with Crippen LogP contribution in [0.15, 0.2) is 30.3 Å². The molecule has 2 aromatic rings. The summed E-state index contributed by atoms with van der Waals surface area (Å²) >= 11 is 1.64. The lowest BCUT2D eigenvalue weighted by molar-refractivity contribution is 0.219. The van der Waals surface area contributed by atoms with Gasteiger partial charge in [0.1, 0.15) is 11.1 Å². The highest BCUT2D eigenvalue weighted by Crippen LogP contribution is 2.31. The predicted molar refractivity (Wildman–Crippen MR) is 72.7 cm³/mol. The molecule has 0 fully saturated rings. The molecular formula is C14H16N2OS. The Morgan fingerprint density at radius 2 is 2.11 bits per heavy atom. The molecule has 1 aromatic heterocycles. The first kappa shape index (κ1) is 11.8. The van der Waals surface area contributed by atoms with E-state index in [1.54, 1.807) is 11.3 Å². The molecule has 0 saturated heterocycles. The molecule has 3 rings (SSSR count). The molecule has 0 amide bonds. The molecule has 0 spiro atoms. The lowest BCUT2D eigenvalue weighted by Crippen LogP contribution is -2.25. The van der Waals surface area contributed by atoms with Gasteiger partial charge in [-0.05, 0) is 12.6 Å². The normalized spacial score (nSPS) is 17.4.